The second-order valence-electron chi connectivity index (χ2n) is 4.61. The molecule has 0 aromatic heterocycles. The second kappa shape index (κ2) is 7.07. The molecule has 2 rings (SSSR count). The van der Waals surface area contributed by atoms with Gasteiger partial charge in [-0.15, -0.1) is 0 Å². The summed E-state index contributed by atoms with van der Waals surface area (Å²) in [6.45, 7) is 2.84. The lowest BCUT2D eigenvalue weighted by atomic mass is 9.98. The number of hydrogen-bond donors (Lipinski definition) is 1. The SMILES string of the molecule is CCNC(Cc1ccc(Cl)cc1)c1ccc(Cl)c(F)c1. The van der Waals surface area contributed by atoms with Crippen molar-refractivity contribution >= 4 is 23.2 Å². The van der Waals surface area contributed by atoms with Crippen molar-refractivity contribution in [2.45, 2.75) is 19.4 Å². The highest BCUT2D eigenvalue weighted by Crippen LogP contribution is 2.23. The van der Waals surface area contributed by atoms with Gasteiger partial charge in [0.1, 0.15) is 5.82 Å². The summed E-state index contributed by atoms with van der Waals surface area (Å²) in [5.41, 5.74) is 2.04. The van der Waals surface area contributed by atoms with Crippen molar-refractivity contribution in [2.24, 2.45) is 0 Å². The van der Waals surface area contributed by atoms with Crippen LogP contribution in [-0.2, 0) is 6.42 Å². The molecule has 4 heteroatoms. The molecule has 0 spiro atoms. The molecular weight excluding hydrogens is 296 g/mol. The van der Waals surface area contributed by atoms with Gasteiger partial charge in [-0.05, 0) is 48.4 Å². The van der Waals surface area contributed by atoms with Gasteiger partial charge in [0.2, 0.25) is 0 Å². The summed E-state index contributed by atoms with van der Waals surface area (Å²) in [4.78, 5) is 0. The van der Waals surface area contributed by atoms with Gasteiger partial charge < -0.3 is 5.32 Å². The Morgan fingerprint density at radius 3 is 2.40 bits per heavy atom. The average molecular weight is 312 g/mol. The summed E-state index contributed by atoms with van der Waals surface area (Å²) in [6, 6.07) is 12.7. The van der Waals surface area contributed by atoms with E-state index in [9.17, 15) is 4.39 Å². The van der Waals surface area contributed by atoms with Crippen LogP contribution >= 0.6 is 23.2 Å². The molecule has 0 bridgehead atoms. The van der Waals surface area contributed by atoms with Crippen molar-refractivity contribution in [3.63, 3.8) is 0 Å². The molecule has 1 atom stereocenters. The average Bonchev–Trinajstić information content (AvgIpc) is 2.44. The molecule has 0 amide bonds. The molecule has 1 unspecified atom stereocenters. The van der Waals surface area contributed by atoms with Crippen LogP contribution in [0.25, 0.3) is 0 Å². The van der Waals surface area contributed by atoms with E-state index in [1.54, 1.807) is 6.07 Å². The highest BCUT2D eigenvalue weighted by Gasteiger charge is 2.13. The zero-order chi connectivity index (χ0) is 14.5. The van der Waals surface area contributed by atoms with Crippen molar-refractivity contribution in [2.75, 3.05) is 6.54 Å². The zero-order valence-electron chi connectivity index (χ0n) is 11.2. The van der Waals surface area contributed by atoms with E-state index in [2.05, 4.69) is 5.32 Å². The summed E-state index contributed by atoms with van der Waals surface area (Å²) in [7, 11) is 0. The first kappa shape index (κ1) is 15.3. The normalized spacial score (nSPS) is 12.4. The monoisotopic (exact) mass is 311 g/mol. The van der Waals surface area contributed by atoms with E-state index in [-0.39, 0.29) is 16.9 Å². The van der Waals surface area contributed by atoms with Crippen LogP contribution in [0.2, 0.25) is 10.0 Å². The van der Waals surface area contributed by atoms with Gasteiger partial charge in [-0.1, -0.05) is 48.3 Å². The van der Waals surface area contributed by atoms with Gasteiger partial charge in [-0.2, -0.15) is 0 Å². The number of likely N-dealkylation sites (N-methyl/N-ethyl adjacent to an activating group) is 1. The minimum absolute atomic E-state index is 0.0490. The molecule has 0 aliphatic carbocycles. The minimum Gasteiger partial charge on any atom is -0.310 e. The Bertz CT molecular complexity index is 569. The first-order valence-corrected chi connectivity index (χ1v) is 7.28. The predicted molar refractivity (Wildman–Crippen MR) is 83.0 cm³/mol. The molecular formula is C16H16Cl2FN. The summed E-state index contributed by atoms with van der Waals surface area (Å²) < 4.78 is 13.6. The van der Waals surface area contributed by atoms with Crippen LogP contribution in [0.3, 0.4) is 0 Å². The molecule has 0 saturated heterocycles. The van der Waals surface area contributed by atoms with Gasteiger partial charge in [0, 0.05) is 11.1 Å². The van der Waals surface area contributed by atoms with E-state index in [1.165, 1.54) is 6.07 Å². The maximum absolute atomic E-state index is 13.6. The van der Waals surface area contributed by atoms with E-state index in [4.69, 9.17) is 23.2 Å². The smallest absolute Gasteiger partial charge is 0.142 e. The highest BCUT2D eigenvalue weighted by atomic mass is 35.5. The minimum atomic E-state index is -0.386. The largest absolute Gasteiger partial charge is 0.310 e. The van der Waals surface area contributed by atoms with Gasteiger partial charge in [0.15, 0.2) is 0 Å². The predicted octanol–water partition coefficient (Wildman–Crippen LogP) is 5.03. The van der Waals surface area contributed by atoms with E-state index >= 15 is 0 Å². The van der Waals surface area contributed by atoms with Crippen LogP contribution < -0.4 is 5.32 Å². The summed E-state index contributed by atoms with van der Waals surface area (Å²) in [5.74, 6) is -0.386. The number of nitrogens with one attached hydrogen (secondary N) is 1. The van der Waals surface area contributed by atoms with Crippen LogP contribution in [0.1, 0.15) is 24.1 Å². The van der Waals surface area contributed by atoms with E-state index in [0.717, 1.165) is 24.1 Å². The van der Waals surface area contributed by atoms with Crippen LogP contribution in [0.5, 0.6) is 0 Å². The second-order valence-corrected chi connectivity index (χ2v) is 5.46. The fraction of sp³-hybridized carbons (Fsp3) is 0.250. The van der Waals surface area contributed by atoms with Crippen LogP contribution in [0.15, 0.2) is 42.5 Å². The van der Waals surface area contributed by atoms with Crippen molar-refractivity contribution in [3.8, 4) is 0 Å². The van der Waals surface area contributed by atoms with Gasteiger partial charge in [0.05, 0.1) is 5.02 Å². The summed E-state index contributed by atoms with van der Waals surface area (Å²) in [5, 5.41) is 4.23. The lowest BCUT2D eigenvalue weighted by Crippen LogP contribution is -2.23. The van der Waals surface area contributed by atoms with Gasteiger partial charge >= 0.3 is 0 Å². The van der Waals surface area contributed by atoms with Crippen molar-refractivity contribution < 1.29 is 4.39 Å². The zero-order valence-corrected chi connectivity index (χ0v) is 12.7. The fourth-order valence-corrected chi connectivity index (χ4v) is 2.38. The molecule has 106 valence electrons. The van der Waals surface area contributed by atoms with Gasteiger partial charge in [0.25, 0.3) is 0 Å². The Morgan fingerprint density at radius 1 is 1.10 bits per heavy atom. The molecule has 2 aromatic rings. The molecule has 0 fully saturated rings. The van der Waals surface area contributed by atoms with Gasteiger partial charge in [-0.25, -0.2) is 4.39 Å². The number of benzene rings is 2. The Hall–Kier alpha value is -1.09. The summed E-state index contributed by atoms with van der Waals surface area (Å²) >= 11 is 11.6. The van der Waals surface area contributed by atoms with Crippen molar-refractivity contribution in [1.82, 2.24) is 5.32 Å². The first-order chi connectivity index (χ1) is 9.60. The van der Waals surface area contributed by atoms with Crippen LogP contribution in [0, 0.1) is 5.82 Å². The molecule has 2 aromatic carbocycles. The third kappa shape index (κ3) is 3.95. The number of halogens is 3. The molecule has 0 aliphatic rings. The third-order valence-electron chi connectivity index (χ3n) is 3.15. The molecule has 0 aliphatic heterocycles. The quantitative estimate of drug-likeness (QED) is 0.817. The molecule has 1 nitrogen and oxygen atoms in total. The Morgan fingerprint density at radius 2 is 1.80 bits per heavy atom. The maximum Gasteiger partial charge on any atom is 0.142 e. The van der Waals surface area contributed by atoms with E-state index in [0.29, 0.717) is 5.02 Å². The maximum atomic E-state index is 13.6. The molecule has 20 heavy (non-hydrogen) atoms. The number of rotatable bonds is 5. The van der Waals surface area contributed by atoms with Gasteiger partial charge in [-0.3, -0.25) is 0 Å². The molecule has 0 saturated carbocycles. The summed E-state index contributed by atoms with van der Waals surface area (Å²) in [6.07, 6.45) is 0.770. The highest BCUT2D eigenvalue weighted by molar-refractivity contribution is 6.30. The number of hydrogen-bond acceptors (Lipinski definition) is 1. The lowest BCUT2D eigenvalue weighted by Gasteiger charge is -2.19. The molecule has 1 N–H and O–H groups in total. The molecule has 0 radical (unpaired) electrons. The Labute approximate surface area is 128 Å². The van der Waals surface area contributed by atoms with Crippen LogP contribution in [-0.4, -0.2) is 6.54 Å². The molecule has 0 heterocycles. The fourth-order valence-electron chi connectivity index (χ4n) is 2.14. The third-order valence-corrected chi connectivity index (χ3v) is 3.71. The van der Waals surface area contributed by atoms with E-state index < -0.39 is 0 Å². The topological polar surface area (TPSA) is 12.0 Å². The van der Waals surface area contributed by atoms with Crippen LogP contribution in [0.4, 0.5) is 4.39 Å². The Balaban J connectivity index is 2.21. The first-order valence-electron chi connectivity index (χ1n) is 6.53. The Kier molecular flexibility index (Phi) is 5.41. The van der Waals surface area contributed by atoms with Crippen molar-refractivity contribution in [1.29, 1.82) is 0 Å². The van der Waals surface area contributed by atoms with E-state index in [1.807, 2.05) is 37.3 Å². The lowest BCUT2D eigenvalue weighted by molar-refractivity contribution is 0.543. The standard InChI is InChI=1S/C16H16Cl2FN/c1-2-20-16(9-11-3-6-13(17)7-4-11)12-5-8-14(18)15(19)10-12/h3-8,10,16,20H,2,9H2,1H3. The van der Waals surface area contributed by atoms with Crippen molar-refractivity contribution in [3.05, 3.63) is 69.5 Å².